The second kappa shape index (κ2) is 16.6. The highest BCUT2D eigenvalue weighted by Crippen LogP contribution is 2.31. The summed E-state index contributed by atoms with van der Waals surface area (Å²) in [5.74, 6) is 1.59. The Kier molecular flexibility index (Phi) is 11.8. The van der Waals surface area contributed by atoms with Crippen LogP contribution >= 0.6 is 11.3 Å². The summed E-state index contributed by atoms with van der Waals surface area (Å²) >= 11 is 1.73. The third-order valence-corrected chi connectivity index (χ3v) is 8.85. The maximum Gasteiger partial charge on any atom is 0.161 e. The molecule has 0 spiro atoms. The third-order valence-electron chi connectivity index (χ3n) is 7.77. The van der Waals surface area contributed by atoms with E-state index in [-0.39, 0.29) is 0 Å². The summed E-state index contributed by atoms with van der Waals surface area (Å²) in [7, 11) is 1.70. The van der Waals surface area contributed by atoms with Crippen molar-refractivity contribution in [3.63, 3.8) is 0 Å². The summed E-state index contributed by atoms with van der Waals surface area (Å²) in [6, 6.07) is 31.6. The van der Waals surface area contributed by atoms with E-state index < -0.39 is 0 Å². The molecule has 0 aliphatic rings. The highest BCUT2D eigenvalue weighted by Gasteiger charge is 2.06. The Balaban J connectivity index is 1.10. The molecule has 1 aromatic heterocycles. The first-order chi connectivity index (χ1) is 21.7. The van der Waals surface area contributed by atoms with Crippen molar-refractivity contribution in [1.82, 2.24) is 4.98 Å². The van der Waals surface area contributed by atoms with Crippen LogP contribution in [0.3, 0.4) is 0 Å². The molecule has 0 bridgehead atoms. The van der Waals surface area contributed by atoms with Gasteiger partial charge in [-0.2, -0.15) is 0 Å². The summed E-state index contributed by atoms with van der Waals surface area (Å²) < 4.78 is 12.9. The van der Waals surface area contributed by atoms with Gasteiger partial charge < -0.3 is 9.47 Å². The molecule has 44 heavy (non-hydrogen) atoms. The molecular weight excluding hydrogens is 559 g/mol. The minimum atomic E-state index is 0.733. The largest absolute Gasteiger partial charge is 0.493 e. The first-order valence-corrected chi connectivity index (χ1v) is 16.8. The highest BCUT2D eigenvalue weighted by molar-refractivity contribution is 7.21. The average Bonchev–Trinajstić information content (AvgIpc) is 3.51. The fourth-order valence-electron chi connectivity index (χ4n) is 5.16. The van der Waals surface area contributed by atoms with Crippen LogP contribution in [0.4, 0.5) is 0 Å². The standard InChI is InChI=1S/C40H43NO2S/c1-3-4-5-6-7-8-9-12-29-43-37-28-25-34(30-38(37)42-2)22-21-32-17-15-31(16-18-32)19-20-33-23-26-35(27-24-33)40-41-36-13-10-11-14-39(36)44-40/h10-11,13-28,30H,3-9,12,29H2,1-2H3. The van der Waals surface area contributed by atoms with Crippen molar-refractivity contribution in [3.05, 3.63) is 113 Å². The van der Waals surface area contributed by atoms with Gasteiger partial charge in [0.05, 0.1) is 23.9 Å². The Bertz CT molecular complexity index is 1610. The molecule has 5 rings (SSSR count). The van der Waals surface area contributed by atoms with E-state index in [1.165, 1.54) is 49.6 Å². The molecular formula is C40H43NO2S. The number of hydrogen-bond acceptors (Lipinski definition) is 4. The van der Waals surface area contributed by atoms with Crippen LogP contribution in [-0.2, 0) is 0 Å². The normalized spacial score (nSPS) is 11.6. The summed E-state index contributed by atoms with van der Waals surface area (Å²) in [6.45, 7) is 3.00. The van der Waals surface area contributed by atoms with Crippen LogP contribution in [-0.4, -0.2) is 18.7 Å². The Morgan fingerprint density at radius 3 is 1.82 bits per heavy atom. The predicted octanol–water partition coefficient (Wildman–Crippen LogP) is 11.8. The molecule has 5 aromatic rings. The van der Waals surface area contributed by atoms with E-state index in [0.717, 1.165) is 62.9 Å². The van der Waals surface area contributed by atoms with Crippen LogP contribution in [0.15, 0.2) is 91.0 Å². The van der Waals surface area contributed by atoms with Crippen molar-refractivity contribution in [3.8, 4) is 22.1 Å². The van der Waals surface area contributed by atoms with Crippen molar-refractivity contribution in [2.45, 2.75) is 58.3 Å². The number of methoxy groups -OCH3 is 1. The van der Waals surface area contributed by atoms with Crippen LogP contribution in [0.5, 0.6) is 11.5 Å². The number of rotatable bonds is 16. The number of para-hydroxylation sites is 1. The van der Waals surface area contributed by atoms with Crippen molar-refractivity contribution in [2.24, 2.45) is 0 Å². The van der Waals surface area contributed by atoms with Gasteiger partial charge in [-0.3, -0.25) is 0 Å². The Hall–Kier alpha value is -4.15. The lowest BCUT2D eigenvalue weighted by Crippen LogP contribution is -1.99. The second-order valence-electron chi connectivity index (χ2n) is 11.2. The van der Waals surface area contributed by atoms with E-state index >= 15 is 0 Å². The van der Waals surface area contributed by atoms with Gasteiger partial charge in [0.2, 0.25) is 0 Å². The number of ether oxygens (including phenoxy) is 2. The minimum Gasteiger partial charge on any atom is -0.493 e. The van der Waals surface area contributed by atoms with E-state index in [2.05, 4.69) is 104 Å². The molecule has 226 valence electrons. The molecule has 0 saturated carbocycles. The van der Waals surface area contributed by atoms with Gasteiger partial charge in [0.15, 0.2) is 11.5 Å². The van der Waals surface area contributed by atoms with Crippen molar-refractivity contribution < 1.29 is 9.47 Å². The van der Waals surface area contributed by atoms with Crippen molar-refractivity contribution in [1.29, 1.82) is 0 Å². The molecule has 1 heterocycles. The van der Waals surface area contributed by atoms with E-state index in [4.69, 9.17) is 14.5 Å². The number of fused-ring (bicyclic) bond motifs is 1. The van der Waals surface area contributed by atoms with Crippen molar-refractivity contribution in [2.75, 3.05) is 13.7 Å². The molecule has 0 unspecified atom stereocenters. The van der Waals surface area contributed by atoms with Crippen LogP contribution in [0.2, 0.25) is 0 Å². The summed E-state index contributed by atoms with van der Waals surface area (Å²) in [5, 5.41) is 1.06. The van der Waals surface area contributed by atoms with Crippen LogP contribution in [0, 0.1) is 0 Å². The fraction of sp³-hybridized carbons (Fsp3) is 0.275. The van der Waals surface area contributed by atoms with Gasteiger partial charge in [-0.1, -0.05) is 143 Å². The molecule has 0 amide bonds. The molecule has 0 saturated heterocycles. The molecule has 0 aliphatic carbocycles. The number of benzene rings is 4. The number of unbranched alkanes of at least 4 members (excludes halogenated alkanes) is 7. The minimum absolute atomic E-state index is 0.733. The first kappa shape index (κ1) is 31.3. The smallest absolute Gasteiger partial charge is 0.161 e. The lowest BCUT2D eigenvalue weighted by molar-refractivity contribution is 0.284. The molecule has 0 N–H and O–H groups in total. The van der Waals surface area contributed by atoms with E-state index in [1.54, 1.807) is 18.4 Å². The van der Waals surface area contributed by atoms with Gasteiger partial charge in [0.25, 0.3) is 0 Å². The maximum absolute atomic E-state index is 6.04. The maximum atomic E-state index is 6.04. The fourth-order valence-corrected chi connectivity index (χ4v) is 6.13. The van der Waals surface area contributed by atoms with Gasteiger partial charge in [-0.25, -0.2) is 4.98 Å². The zero-order valence-electron chi connectivity index (χ0n) is 26.0. The van der Waals surface area contributed by atoms with Gasteiger partial charge in [0, 0.05) is 5.56 Å². The molecule has 4 aromatic carbocycles. The van der Waals surface area contributed by atoms with Gasteiger partial charge >= 0.3 is 0 Å². The Morgan fingerprint density at radius 2 is 1.18 bits per heavy atom. The lowest BCUT2D eigenvalue weighted by atomic mass is 10.1. The number of nitrogens with zero attached hydrogens (tertiary/aromatic N) is 1. The van der Waals surface area contributed by atoms with Crippen molar-refractivity contribution >= 4 is 45.9 Å². The molecule has 0 aliphatic heterocycles. The van der Waals surface area contributed by atoms with Gasteiger partial charge in [-0.05, 0) is 52.9 Å². The zero-order chi connectivity index (χ0) is 30.4. The van der Waals surface area contributed by atoms with Crippen LogP contribution < -0.4 is 9.47 Å². The molecule has 0 radical (unpaired) electrons. The lowest BCUT2D eigenvalue weighted by Gasteiger charge is -2.11. The molecule has 3 nitrogen and oxygen atoms in total. The summed E-state index contributed by atoms with van der Waals surface area (Å²) in [5.41, 5.74) is 6.77. The Morgan fingerprint density at radius 1 is 0.614 bits per heavy atom. The zero-order valence-corrected chi connectivity index (χ0v) is 26.8. The quantitative estimate of drug-likeness (QED) is 0.0833. The predicted molar refractivity (Wildman–Crippen MR) is 190 cm³/mol. The van der Waals surface area contributed by atoms with Gasteiger partial charge in [0.1, 0.15) is 5.01 Å². The third kappa shape index (κ3) is 9.17. The second-order valence-corrected chi connectivity index (χ2v) is 12.2. The topological polar surface area (TPSA) is 31.4 Å². The van der Waals surface area contributed by atoms with E-state index in [0.29, 0.717) is 0 Å². The Labute approximate surface area is 266 Å². The number of hydrogen-bond donors (Lipinski definition) is 0. The number of thiazole rings is 1. The first-order valence-electron chi connectivity index (χ1n) is 15.9. The highest BCUT2D eigenvalue weighted by atomic mass is 32.1. The SMILES string of the molecule is CCCCCCCCCCOc1ccc(C=Cc2ccc(C=Cc3ccc(-c4nc5ccccc5s4)cc3)cc2)cc1OC. The molecule has 0 atom stereocenters. The monoisotopic (exact) mass is 601 g/mol. The number of aromatic nitrogens is 1. The van der Waals surface area contributed by atoms with Crippen LogP contribution in [0.25, 0.3) is 45.1 Å². The van der Waals surface area contributed by atoms with Gasteiger partial charge in [-0.15, -0.1) is 11.3 Å². The van der Waals surface area contributed by atoms with Crippen LogP contribution in [0.1, 0.15) is 80.5 Å². The summed E-state index contributed by atoms with van der Waals surface area (Å²) in [4.78, 5) is 4.77. The molecule has 0 fully saturated rings. The summed E-state index contributed by atoms with van der Waals surface area (Å²) in [6.07, 6.45) is 18.9. The average molecular weight is 602 g/mol. The van der Waals surface area contributed by atoms with E-state index in [1.807, 2.05) is 18.2 Å². The molecule has 4 heteroatoms. The van der Waals surface area contributed by atoms with E-state index in [9.17, 15) is 0 Å².